The van der Waals surface area contributed by atoms with Crippen molar-refractivity contribution in [3.63, 3.8) is 0 Å². The van der Waals surface area contributed by atoms with Gasteiger partial charge in [-0.25, -0.2) is 9.59 Å². The van der Waals surface area contributed by atoms with Crippen molar-refractivity contribution in [3.05, 3.63) is 35.5 Å². The number of amides is 1. The lowest BCUT2D eigenvalue weighted by atomic mass is 9.72. The number of likely N-dealkylation sites (tertiary alicyclic amines) is 1. The van der Waals surface area contributed by atoms with E-state index in [1.807, 2.05) is 0 Å². The molecule has 1 aliphatic heterocycles. The summed E-state index contributed by atoms with van der Waals surface area (Å²) in [7, 11) is 2.26. The minimum Gasteiger partial charge on any atom is -0.479 e. The summed E-state index contributed by atoms with van der Waals surface area (Å²) in [6, 6.07) is 7.30. The molecule has 10 nitrogen and oxygen atoms in total. The molecule has 1 aliphatic carbocycles. The predicted molar refractivity (Wildman–Crippen MR) is 120 cm³/mol. The number of aliphatic hydroxyl groups excluding tert-OH is 2. The number of likely N-dealkylation sites (N-methyl/N-ethyl adjacent to an activating group) is 1. The zero-order valence-electron chi connectivity index (χ0n) is 18.7. The van der Waals surface area contributed by atoms with Gasteiger partial charge in [-0.3, -0.25) is 4.79 Å². The lowest BCUT2D eigenvalue weighted by molar-refractivity contribution is -0.165. The van der Waals surface area contributed by atoms with Crippen molar-refractivity contribution in [1.29, 1.82) is 0 Å². The van der Waals surface area contributed by atoms with Crippen LogP contribution in [0.2, 0.25) is 0 Å². The summed E-state index contributed by atoms with van der Waals surface area (Å²) in [5.74, 6) is -2.19. The van der Waals surface area contributed by atoms with E-state index in [-0.39, 0.29) is 5.91 Å². The lowest BCUT2D eigenvalue weighted by Crippen LogP contribution is -2.48. The van der Waals surface area contributed by atoms with Crippen LogP contribution in [0.1, 0.15) is 36.8 Å². The van der Waals surface area contributed by atoms with Crippen LogP contribution >= 0.6 is 0 Å². The molecule has 0 bridgehead atoms. The number of hydrogen-bond donors (Lipinski definition) is 6. The summed E-state index contributed by atoms with van der Waals surface area (Å²) in [6.45, 7) is 3.53. The summed E-state index contributed by atoms with van der Waals surface area (Å²) >= 11 is 0. The van der Waals surface area contributed by atoms with Crippen LogP contribution < -0.4 is 5.32 Å². The molecule has 1 fully saturated rings. The summed E-state index contributed by atoms with van der Waals surface area (Å²) in [6.07, 6.45) is 1.12. The molecule has 2 heterocycles. The number of fused-ring (bicyclic) bond motifs is 2. The number of aromatic nitrogens is 1. The number of carboxylic acid groups (broad SMARTS) is 2. The third-order valence-corrected chi connectivity index (χ3v) is 6.54. The van der Waals surface area contributed by atoms with E-state index in [4.69, 9.17) is 20.4 Å². The molecule has 6 N–H and O–H groups in total. The maximum Gasteiger partial charge on any atom is 0.335 e. The number of carbonyl (C=O) groups excluding carboxylic acids is 1. The number of H-pyrrole nitrogens is 1. The monoisotopic (exact) mass is 461 g/mol. The summed E-state index contributed by atoms with van der Waals surface area (Å²) in [5.41, 5.74) is 4.27. The molecule has 1 aromatic heterocycles. The topological polar surface area (TPSA) is 163 Å². The van der Waals surface area contributed by atoms with E-state index in [1.165, 1.54) is 28.5 Å². The molecule has 2 aromatic rings. The van der Waals surface area contributed by atoms with Gasteiger partial charge in [0.1, 0.15) is 0 Å². The highest BCUT2D eigenvalue weighted by Crippen LogP contribution is 2.44. The van der Waals surface area contributed by atoms with Crippen LogP contribution in [0.5, 0.6) is 0 Å². The van der Waals surface area contributed by atoms with E-state index in [0.29, 0.717) is 17.9 Å². The first-order valence-electron chi connectivity index (χ1n) is 11.0. The van der Waals surface area contributed by atoms with Crippen molar-refractivity contribution in [2.24, 2.45) is 5.92 Å². The number of nitrogens with zero attached hydrogens (tertiary/aromatic N) is 1. The van der Waals surface area contributed by atoms with Crippen LogP contribution in [-0.4, -0.2) is 86.5 Å². The fraction of sp³-hybridized carbons (Fsp3) is 0.522. The van der Waals surface area contributed by atoms with Crippen molar-refractivity contribution < 1.29 is 34.8 Å². The molecule has 1 saturated heterocycles. The van der Waals surface area contributed by atoms with Gasteiger partial charge in [-0.15, -0.1) is 0 Å². The molecule has 1 aromatic carbocycles. The van der Waals surface area contributed by atoms with E-state index in [1.54, 1.807) is 6.92 Å². The number of nitrogens with one attached hydrogen (secondary N) is 2. The maximum absolute atomic E-state index is 11.1. The van der Waals surface area contributed by atoms with Crippen LogP contribution in [0.25, 0.3) is 10.9 Å². The van der Waals surface area contributed by atoms with Gasteiger partial charge in [0.2, 0.25) is 5.91 Å². The third kappa shape index (κ3) is 5.52. The zero-order chi connectivity index (χ0) is 24.3. The molecule has 33 heavy (non-hydrogen) atoms. The number of aliphatic hydroxyl groups is 2. The molecule has 180 valence electrons. The summed E-state index contributed by atoms with van der Waals surface area (Å²) < 4.78 is 0. The van der Waals surface area contributed by atoms with E-state index in [9.17, 15) is 14.4 Å². The molecule has 10 heteroatoms. The Morgan fingerprint density at radius 1 is 1.18 bits per heavy atom. The van der Waals surface area contributed by atoms with Crippen molar-refractivity contribution >= 4 is 28.7 Å². The van der Waals surface area contributed by atoms with Gasteiger partial charge >= 0.3 is 11.9 Å². The predicted octanol–water partition coefficient (Wildman–Crippen LogP) is 0.532. The van der Waals surface area contributed by atoms with Crippen LogP contribution in [-0.2, 0) is 20.8 Å². The number of piperidine rings is 1. The number of aromatic amines is 1. The first-order valence-corrected chi connectivity index (χ1v) is 11.0. The zero-order valence-corrected chi connectivity index (χ0v) is 18.7. The van der Waals surface area contributed by atoms with Gasteiger partial charge in [-0.1, -0.05) is 12.1 Å². The normalized spacial score (nSPS) is 23.6. The number of hydrogen-bond acceptors (Lipinski definition) is 6. The van der Waals surface area contributed by atoms with Gasteiger partial charge in [0.15, 0.2) is 12.2 Å². The van der Waals surface area contributed by atoms with Crippen molar-refractivity contribution in [2.45, 2.75) is 50.4 Å². The molecule has 0 spiro atoms. The Hall–Kier alpha value is -2.95. The second-order valence-corrected chi connectivity index (χ2v) is 8.84. The van der Waals surface area contributed by atoms with Crippen LogP contribution in [0.15, 0.2) is 24.4 Å². The van der Waals surface area contributed by atoms with E-state index in [0.717, 1.165) is 25.9 Å². The Balaban J connectivity index is 0.000000262. The van der Waals surface area contributed by atoms with Crippen molar-refractivity contribution in [3.8, 4) is 0 Å². The molecular formula is C23H31N3O7. The van der Waals surface area contributed by atoms with E-state index < -0.39 is 24.1 Å². The number of aliphatic carboxylic acids is 2. The first-order chi connectivity index (χ1) is 15.6. The molecular weight excluding hydrogens is 430 g/mol. The number of benzene rings is 1. The van der Waals surface area contributed by atoms with Crippen molar-refractivity contribution in [1.82, 2.24) is 15.2 Å². The Kier molecular flexibility index (Phi) is 7.72. The van der Waals surface area contributed by atoms with Gasteiger partial charge < -0.3 is 35.6 Å². The standard InChI is InChI=1S/C19H25N3O.C4H6O6/c1-12(23)20-7-6-13-8-16-15-4-3-5-17-19(15)14(10-21-17)9-18(16)22(2)11-13;5-1(3(7)8)2(6)4(9)10/h3-5,10,13,16,18,21H,6-9,11H2,1-2H3,(H,20,23);1-2,5-6H,(H,7,8)(H,9,10)/t13-,16?,18-;1-,2-/m11/s1. The number of rotatable bonds is 6. The molecule has 1 unspecified atom stereocenters. The Morgan fingerprint density at radius 2 is 1.85 bits per heavy atom. The van der Waals surface area contributed by atoms with Crippen LogP contribution in [0, 0.1) is 5.92 Å². The highest BCUT2D eigenvalue weighted by Gasteiger charge is 2.39. The Labute approximate surface area is 191 Å². The number of carbonyl (C=O) groups is 3. The Morgan fingerprint density at radius 3 is 2.45 bits per heavy atom. The second kappa shape index (κ2) is 10.3. The molecule has 5 atom stereocenters. The minimum atomic E-state index is -2.27. The SMILES string of the molecule is CC(=O)NCC[C@@H]1CC2c3cccc4[nH]cc(c34)C[C@H]2N(C)C1.O=C(O)[C@H](O)[C@@H](O)C(=O)O. The first kappa shape index (κ1) is 24.7. The molecule has 0 radical (unpaired) electrons. The molecule has 1 amide bonds. The second-order valence-electron chi connectivity index (χ2n) is 8.84. The van der Waals surface area contributed by atoms with Crippen LogP contribution in [0.3, 0.4) is 0 Å². The summed E-state index contributed by atoms with van der Waals surface area (Å²) in [5, 5.41) is 36.9. The lowest BCUT2D eigenvalue weighted by Gasteiger charge is -2.45. The number of carboxylic acids is 2. The highest BCUT2D eigenvalue weighted by atomic mass is 16.4. The quantitative estimate of drug-likeness (QED) is 0.363. The molecule has 4 rings (SSSR count). The van der Waals surface area contributed by atoms with Gasteiger partial charge in [0.25, 0.3) is 0 Å². The van der Waals surface area contributed by atoms with Gasteiger partial charge in [0, 0.05) is 49.1 Å². The fourth-order valence-corrected chi connectivity index (χ4v) is 4.99. The highest BCUT2D eigenvalue weighted by molar-refractivity contribution is 5.88. The largest absolute Gasteiger partial charge is 0.479 e. The van der Waals surface area contributed by atoms with Gasteiger partial charge in [-0.05, 0) is 49.4 Å². The van der Waals surface area contributed by atoms with Crippen molar-refractivity contribution in [2.75, 3.05) is 20.1 Å². The van der Waals surface area contributed by atoms with Gasteiger partial charge in [0.05, 0.1) is 0 Å². The van der Waals surface area contributed by atoms with E-state index >= 15 is 0 Å². The molecule has 0 saturated carbocycles. The van der Waals surface area contributed by atoms with Gasteiger partial charge in [-0.2, -0.15) is 0 Å². The van der Waals surface area contributed by atoms with Crippen LogP contribution in [0.4, 0.5) is 0 Å². The van der Waals surface area contributed by atoms with E-state index in [2.05, 4.69) is 46.6 Å². The average Bonchev–Trinajstić information content (AvgIpc) is 3.18. The third-order valence-electron chi connectivity index (χ3n) is 6.54. The smallest absolute Gasteiger partial charge is 0.335 e. The Bertz CT molecular complexity index is 1000. The maximum atomic E-state index is 11.1. The molecule has 2 aliphatic rings. The average molecular weight is 462 g/mol. The minimum absolute atomic E-state index is 0.0754. The summed E-state index contributed by atoms with van der Waals surface area (Å²) in [4.78, 5) is 36.6. The fourth-order valence-electron chi connectivity index (χ4n) is 4.99.